The zero-order chi connectivity index (χ0) is 16.1. The molecule has 0 amide bonds. The van der Waals surface area contributed by atoms with Crippen LogP contribution >= 0.6 is 0 Å². The van der Waals surface area contributed by atoms with E-state index < -0.39 is 6.10 Å². The first kappa shape index (κ1) is 15.2. The highest BCUT2D eigenvalue weighted by Crippen LogP contribution is 2.22. The van der Waals surface area contributed by atoms with Crippen LogP contribution in [0.5, 0.6) is 0 Å². The van der Waals surface area contributed by atoms with Crippen molar-refractivity contribution in [3.63, 3.8) is 0 Å². The lowest BCUT2D eigenvalue weighted by atomic mass is 9.99. The summed E-state index contributed by atoms with van der Waals surface area (Å²) in [5.74, 6) is 0. The first-order chi connectivity index (χ1) is 11.3. The highest BCUT2D eigenvalue weighted by atomic mass is 16.3. The molecule has 0 radical (unpaired) electrons. The molecule has 23 heavy (non-hydrogen) atoms. The van der Waals surface area contributed by atoms with Crippen molar-refractivity contribution in [2.24, 2.45) is 0 Å². The molecular weight excluding hydrogens is 282 g/mol. The number of benzene rings is 2. The minimum absolute atomic E-state index is 0.512. The number of aliphatic hydroxyl groups is 1. The van der Waals surface area contributed by atoms with Gasteiger partial charge in [0, 0.05) is 18.2 Å². The average molecular weight is 301 g/mol. The fourth-order valence-electron chi connectivity index (χ4n) is 2.54. The Morgan fingerprint density at radius 2 is 1.70 bits per heavy atom. The summed E-state index contributed by atoms with van der Waals surface area (Å²) in [4.78, 5) is 4.34. The van der Waals surface area contributed by atoms with Crippen LogP contribution in [0.25, 0.3) is 17.3 Å². The molecule has 3 rings (SSSR count). The van der Waals surface area contributed by atoms with Gasteiger partial charge < -0.3 is 5.11 Å². The maximum atomic E-state index is 10.4. The summed E-state index contributed by atoms with van der Waals surface area (Å²) >= 11 is 0. The predicted octanol–water partition coefficient (Wildman–Crippen LogP) is 4.67. The monoisotopic (exact) mass is 301 g/mol. The van der Waals surface area contributed by atoms with E-state index in [0.29, 0.717) is 6.42 Å². The Kier molecular flexibility index (Phi) is 4.65. The predicted molar refractivity (Wildman–Crippen MR) is 94.9 cm³/mol. The van der Waals surface area contributed by atoms with Crippen LogP contribution in [0, 0.1) is 0 Å². The number of hydrogen-bond donors (Lipinski definition) is 1. The van der Waals surface area contributed by atoms with E-state index in [2.05, 4.69) is 11.6 Å². The average Bonchev–Trinajstić information content (AvgIpc) is 2.63. The van der Waals surface area contributed by atoms with Crippen LogP contribution in [0.4, 0.5) is 0 Å². The van der Waals surface area contributed by atoms with E-state index in [9.17, 15) is 5.11 Å². The fourth-order valence-corrected chi connectivity index (χ4v) is 2.54. The summed E-state index contributed by atoms with van der Waals surface area (Å²) in [5.41, 5.74) is 5.10. The Morgan fingerprint density at radius 3 is 2.30 bits per heavy atom. The summed E-state index contributed by atoms with van der Waals surface area (Å²) < 4.78 is 0. The molecule has 1 atom stereocenters. The first-order valence-corrected chi connectivity index (χ1v) is 7.67. The molecule has 0 aliphatic rings. The molecule has 0 saturated heterocycles. The lowest BCUT2D eigenvalue weighted by Crippen LogP contribution is -2.01. The third kappa shape index (κ3) is 3.74. The van der Waals surface area contributed by atoms with Gasteiger partial charge in [-0.25, -0.2) is 0 Å². The highest BCUT2D eigenvalue weighted by Gasteiger charge is 2.09. The summed E-state index contributed by atoms with van der Waals surface area (Å²) in [7, 11) is 0. The van der Waals surface area contributed by atoms with Gasteiger partial charge in [0.2, 0.25) is 0 Å². The van der Waals surface area contributed by atoms with E-state index in [1.54, 1.807) is 6.20 Å². The standard InChI is InChI=1S/C21H19NO/c1-2-16-6-8-17(9-7-16)15-21(23)19-12-10-18(11-13-19)20-5-3-4-14-22-20/h2-14,21,23H,1,15H2. The molecule has 2 nitrogen and oxygen atoms in total. The minimum Gasteiger partial charge on any atom is -0.388 e. The SMILES string of the molecule is C=Cc1ccc(CC(O)c2ccc(-c3ccccn3)cc2)cc1. The maximum absolute atomic E-state index is 10.4. The lowest BCUT2D eigenvalue weighted by Gasteiger charge is -2.12. The number of rotatable bonds is 5. The quantitative estimate of drug-likeness (QED) is 0.743. The molecule has 0 aliphatic heterocycles. The molecule has 2 aromatic carbocycles. The van der Waals surface area contributed by atoms with Gasteiger partial charge in [-0.05, 0) is 28.8 Å². The van der Waals surface area contributed by atoms with Crippen molar-refractivity contribution >= 4 is 6.08 Å². The Labute approximate surface area is 136 Å². The zero-order valence-corrected chi connectivity index (χ0v) is 12.9. The van der Waals surface area contributed by atoms with Gasteiger partial charge in [-0.15, -0.1) is 0 Å². The lowest BCUT2D eigenvalue weighted by molar-refractivity contribution is 0.178. The summed E-state index contributed by atoms with van der Waals surface area (Å²) in [6, 6.07) is 21.9. The van der Waals surface area contributed by atoms with Crippen molar-refractivity contribution < 1.29 is 5.11 Å². The van der Waals surface area contributed by atoms with E-state index in [4.69, 9.17) is 0 Å². The smallest absolute Gasteiger partial charge is 0.0830 e. The molecule has 0 fully saturated rings. The van der Waals surface area contributed by atoms with Gasteiger partial charge in [0.25, 0.3) is 0 Å². The van der Waals surface area contributed by atoms with E-state index >= 15 is 0 Å². The second-order valence-electron chi connectivity index (χ2n) is 5.50. The van der Waals surface area contributed by atoms with Gasteiger partial charge in [-0.1, -0.05) is 67.3 Å². The molecule has 1 N–H and O–H groups in total. The molecule has 2 heteroatoms. The van der Waals surface area contributed by atoms with Gasteiger partial charge in [-0.2, -0.15) is 0 Å². The Hall–Kier alpha value is -2.71. The third-order valence-corrected chi connectivity index (χ3v) is 3.90. The molecule has 114 valence electrons. The number of aliphatic hydroxyl groups excluding tert-OH is 1. The van der Waals surface area contributed by atoms with Crippen LogP contribution < -0.4 is 0 Å². The van der Waals surface area contributed by atoms with Gasteiger partial charge in [0.1, 0.15) is 0 Å². The second-order valence-corrected chi connectivity index (χ2v) is 5.50. The van der Waals surface area contributed by atoms with Crippen molar-refractivity contribution in [1.29, 1.82) is 0 Å². The van der Waals surface area contributed by atoms with Crippen LogP contribution in [-0.2, 0) is 6.42 Å². The zero-order valence-electron chi connectivity index (χ0n) is 12.9. The van der Waals surface area contributed by atoms with Crippen molar-refractivity contribution in [2.45, 2.75) is 12.5 Å². The van der Waals surface area contributed by atoms with Crippen LogP contribution in [0.3, 0.4) is 0 Å². The first-order valence-electron chi connectivity index (χ1n) is 7.67. The molecule has 0 bridgehead atoms. The molecule has 0 aliphatic carbocycles. The van der Waals surface area contributed by atoms with E-state index in [1.807, 2.05) is 72.8 Å². The Bertz CT molecular complexity index is 761. The Morgan fingerprint density at radius 1 is 0.957 bits per heavy atom. The molecule has 3 aromatic rings. The topological polar surface area (TPSA) is 33.1 Å². The normalized spacial score (nSPS) is 11.9. The van der Waals surface area contributed by atoms with Gasteiger partial charge >= 0.3 is 0 Å². The molecule has 1 unspecified atom stereocenters. The number of aromatic nitrogens is 1. The summed E-state index contributed by atoms with van der Waals surface area (Å²) in [5, 5.41) is 10.4. The van der Waals surface area contributed by atoms with E-state index in [0.717, 1.165) is 27.9 Å². The second kappa shape index (κ2) is 7.03. The summed E-state index contributed by atoms with van der Waals surface area (Å²) in [6.45, 7) is 3.75. The largest absolute Gasteiger partial charge is 0.388 e. The number of pyridine rings is 1. The van der Waals surface area contributed by atoms with Crippen molar-refractivity contribution in [3.05, 3.63) is 96.2 Å². The fraction of sp³-hybridized carbons (Fsp3) is 0.0952. The van der Waals surface area contributed by atoms with Crippen LogP contribution in [0.2, 0.25) is 0 Å². The number of hydrogen-bond acceptors (Lipinski definition) is 2. The van der Waals surface area contributed by atoms with E-state index in [1.165, 1.54) is 0 Å². The highest BCUT2D eigenvalue weighted by molar-refractivity contribution is 5.59. The van der Waals surface area contributed by atoms with Gasteiger partial charge in [0.05, 0.1) is 11.8 Å². The molecule has 0 spiro atoms. The molecule has 1 heterocycles. The van der Waals surface area contributed by atoms with Gasteiger partial charge in [-0.3, -0.25) is 4.98 Å². The third-order valence-electron chi connectivity index (χ3n) is 3.90. The number of nitrogens with zero attached hydrogens (tertiary/aromatic N) is 1. The maximum Gasteiger partial charge on any atom is 0.0830 e. The summed E-state index contributed by atoms with van der Waals surface area (Å²) in [6.07, 6.45) is 3.68. The van der Waals surface area contributed by atoms with Crippen molar-refractivity contribution in [3.8, 4) is 11.3 Å². The van der Waals surface area contributed by atoms with Crippen molar-refractivity contribution in [1.82, 2.24) is 4.98 Å². The molecule has 1 aromatic heterocycles. The Balaban J connectivity index is 1.72. The molecule has 0 saturated carbocycles. The molecular formula is C21H19NO. The van der Waals surface area contributed by atoms with Crippen LogP contribution in [-0.4, -0.2) is 10.1 Å². The van der Waals surface area contributed by atoms with E-state index in [-0.39, 0.29) is 0 Å². The van der Waals surface area contributed by atoms with Gasteiger partial charge in [0.15, 0.2) is 0 Å². The van der Waals surface area contributed by atoms with Crippen molar-refractivity contribution in [2.75, 3.05) is 0 Å². The van der Waals surface area contributed by atoms with Crippen LogP contribution in [0.15, 0.2) is 79.5 Å². The van der Waals surface area contributed by atoms with Crippen LogP contribution in [0.1, 0.15) is 22.8 Å². The minimum atomic E-state index is -0.512.